The van der Waals surface area contributed by atoms with E-state index in [0.717, 1.165) is 11.7 Å². The first-order chi connectivity index (χ1) is 6.87. The summed E-state index contributed by atoms with van der Waals surface area (Å²) in [6, 6.07) is 3.20. The molecule has 0 fully saturated rings. The summed E-state index contributed by atoms with van der Waals surface area (Å²) >= 11 is 5.80. The number of rotatable bonds is 4. The summed E-state index contributed by atoms with van der Waals surface area (Å²) in [5, 5.41) is 0.436. The van der Waals surface area contributed by atoms with Gasteiger partial charge in [0, 0.05) is 13.8 Å². The zero-order valence-electron chi connectivity index (χ0n) is 9.67. The molecular formula is C10H17ClN2OSi. The molecule has 1 aromatic heterocycles. The van der Waals surface area contributed by atoms with Gasteiger partial charge in [0.25, 0.3) is 0 Å². The van der Waals surface area contributed by atoms with Crippen LogP contribution in [0.1, 0.15) is 5.69 Å². The number of aryl methyl sites for hydroxylation is 1. The lowest BCUT2D eigenvalue weighted by Gasteiger charge is -2.15. The normalized spacial score (nSPS) is 11.5. The van der Waals surface area contributed by atoms with Crippen LogP contribution in [0.15, 0.2) is 6.07 Å². The number of halogens is 1. The van der Waals surface area contributed by atoms with Gasteiger partial charge >= 0.3 is 6.01 Å². The fourth-order valence-corrected chi connectivity index (χ4v) is 1.96. The summed E-state index contributed by atoms with van der Waals surface area (Å²) in [4.78, 5) is 8.15. The van der Waals surface area contributed by atoms with Gasteiger partial charge in [-0.05, 0) is 19.0 Å². The van der Waals surface area contributed by atoms with E-state index in [1.165, 1.54) is 0 Å². The van der Waals surface area contributed by atoms with E-state index >= 15 is 0 Å². The van der Waals surface area contributed by atoms with Gasteiger partial charge in [0.1, 0.15) is 5.15 Å². The zero-order valence-corrected chi connectivity index (χ0v) is 11.4. The highest BCUT2D eigenvalue weighted by Crippen LogP contribution is 2.13. The van der Waals surface area contributed by atoms with E-state index in [4.69, 9.17) is 16.3 Å². The van der Waals surface area contributed by atoms with Crippen LogP contribution in [0.5, 0.6) is 6.01 Å². The molecule has 5 heteroatoms. The third-order valence-electron chi connectivity index (χ3n) is 1.89. The van der Waals surface area contributed by atoms with Crippen LogP contribution in [0.4, 0.5) is 0 Å². The molecule has 0 saturated heterocycles. The summed E-state index contributed by atoms with van der Waals surface area (Å²) < 4.78 is 5.47. The van der Waals surface area contributed by atoms with Crippen LogP contribution in [0.2, 0.25) is 30.8 Å². The Kier molecular flexibility index (Phi) is 4.10. The number of hydrogen-bond donors (Lipinski definition) is 0. The molecule has 0 aromatic carbocycles. The summed E-state index contributed by atoms with van der Waals surface area (Å²) in [5.74, 6) is 0. The number of aromatic nitrogens is 2. The summed E-state index contributed by atoms with van der Waals surface area (Å²) in [7, 11) is -1.05. The van der Waals surface area contributed by atoms with Crippen molar-refractivity contribution in [2.75, 3.05) is 6.61 Å². The van der Waals surface area contributed by atoms with Crippen LogP contribution < -0.4 is 4.74 Å². The van der Waals surface area contributed by atoms with Crippen LogP contribution in [-0.2, 0) is 0 Å². The Hall–Kier alpha value is -0.613. The number of nitrogens with zero attached hydrogens (tertiary/aromatic N) is 2. The molecule has 84 valence electrons. The maximum Gasteiger partial charge on any atom is 0.318 e. The highest BCUT2D eigenvalue weighted by atomic mass is 35.5. The molecule has 0 N–H and O–H groups in total. The second-order valence-electron chi connectivity index (χ2n) is 4.77. The minimum absolute atomic E-state index is 0.387. The second-order valence-corrected chi connectivity index (χ2v) is 10.8. The Morgan fingerprint density at radius 1 is 1.33 bits per heavy atom. The first-order valence-corrected chi connectivity index (χ1v) is 9.09. The quantitative estimate of drug-likeness (QED) is 0.603. The highest BCUT2D eigenvalue weighted by Gasteiger charge is 2.13. The molecular weight excluding hydrogens is 228 g/mol. The molecule has 0 saturated carbocycles. The van der Waals surface area contributed by atoms with Crippen LogP contribution >= 0.6 is 11.6 Å². The number of ether oxygens (including phenoxy) is 1. The monoisotopic (exact) mass is 244 g/mol. The van der Waals surface area contributed by atoms with E-state index in [9.17, 15) is 0 Å². The minimum atomic E-state index is -1.05. The van der Waals surface area contributed by atoms with E-state index in [-0.39, 0.29) is 0 Å². The molecule has 1 aromatic rings. The SMILES string of the molecule is Cc1cc(Cl)nc(OCC[Si](C)(C)C)n1. The Bertz CT molecular complexity index is 318. The molecule has 0 amide bonds. The van der Waals surface area contributed by atoms with Gasteiger partial charge in [0.05, 0.1) is 6.61 Å². The van der Waals surface area contributed by atoms with Crippen molar-refractivity contribution in [1.29, 1.82) is 0 Å². The van der Waals surface area contributed by atoms with Crippen molar-refractivity contribution in [3.8, 4) is 6.01 Å². The highest BCUT2D eigenvalue weighted by molar-refractivity contribution is 6.76. The lowest BCUT2D eigenvalue weighted by atomic mass is 10.5. The first kappa shape index (κ1) is 12.5. The average molecular weight is 245 g/mol. The Labute approximate surface area is 96.9 Å². The predicted octanol–water partition coefficient (Wildman–Crippen LogP) is 3.16. The van der Waals surface area contributed by atoms with Crippen molar-refractivity contribution in [3.05, 3.63) is 16.9 Å². The minimum Gasteiger partial charge on any atom is -0.464 e. The molecule has 0 unspecified atom stereocenters. The van der Waals surface area contributed by atoms with Crippen LogP contribution in [0.3, 0.4) is 0 Å². The van der Waals surface area contributed by atoms with Crippen LogP contribution in [-0.4, -0.2) is 24.6 Å². The lowest BCUT2D eigenvalue weighted by Crippen LogP contribution is -2.22. The van der Waals surface area contributed by atoms with Crippen molar-refractivity contribution in [2.24, 2.45) is 0 Å². The van der Waals surface area contributed by atoms with Gasteiger partial charge in [-0.3, -0.25) is 0 Å². The Morgan fingerprint density at radius 2 is 2.00 bits per heavy atom. The Balaban J connectivity index is 2.51. The van der Waals surface area contributed by atoms with Crippen molar-refractivity contribution in [1.82, 2.24) is 9.97 Å². The molecule has 0 radical (unpaired) electrons. The molecule has 1 heterocycles. The van der Waals surface area contributed by atoms with Gasteiger partial charge in [0.2, 0.25) is 0 Å². The fourth-order valence-electron chi connectivity index (χ4n) is 1.02. The van der Waals surface area contributed by atoms with Crippen molar-refractivity contribution < 1.29 is 4.74 Å². The molecule has 0 aliphatic heterocycles. The number of hydrogen-bond acceptors (Lipinski definition) is 3. The maximum atomic E-state index is 5.80. The maximum absolute atomic E-state index is 5.80. The lowest BCUT2D eigenvalue weighted by molar-refractivity contribution is 0.310. The predicted molar refractivity (Wildman–Crippen MR) is 65.4 cm³/mol. The largest absolute Gasteiger partial charge is 0.464 e. The van der Waals surface area contributed by atoms with Gasteiger partial charge in [-0.2, -0.15) is 4.98 Å². The van der Waals surface area contributed by atoms with E-state index < -0.39 is 8.07 Å². The topological polar surface area (TPSA) is 35.0 Å². The third kappa shape index (κ3) is 5.13. The van der Waals surface area contributed by atoms with Crippen molar-refractivity contribution in [2.45, 2.75) is 32.6 Å². The molecule has 0 aliphatic rings. The summed E-state index contributed by atoms with van der Waals surface area (Å²) in [6.45, 7) is 9.47. The first-order valence-electron chi connectivity index (χ1n) is 5.01. The molecule has 0 atom stereocenters. The van der Waals surface area contributed by atoms with Gasteiger partial charge in [0.15, 0.2) is 0 Å². The van der Waals surface area contributed by atoms with Crippen LogP contribution in [0, 0.1) is 6.92 Å². The van der Waals surface area contributed by atoms with E-state index in [1.807, 2.05) is 6.92 Å². The summed E-state index contributed by atoms with van der Waals surface area (Å²) in [6.07, 6.45) is 0. The van der Waals surface area contributed by atoms with Crippen molar-refractivity contribution >= 4 is 19.7 Å². The van der Waals surface area contributed by atoms with E-state index in [1.54, 1.807) is 6.07 Å². The van der Waals surface area contributed by atoms with Crippen molar-refractivity contribution in [3.63, 3.8) is 0 Å². The molecule has 0 spiro atoms. The van der Waals surface area contributed by atoms with E-state index in [2.05, 4.69) is 29.6 Å². The van der Waals surface area contributed by atoms with Gasteiger partial charge in [-0.25, -0.2) is 4.98 Å². The van der Waals surface area contributed by atoms with Gasteiger partial charge < -0.3 is 4.74 Å². The standard InChI is InChI=1S/C10H17ClN2OSi/c1-8-7-9(11)13-10(12-8)14-5-6-15(2,3)4/h7H,5-6H2,1-4H3. The van der Waals surface area contributed by atoms with Gasteiger partial charge in [-0.15, -0.1) is 0 Å². The van der Waals surface area contributed by atoms with E-state index in [0.29, 0.717) is 17.8 Å². The molecule has 1 rings (SSSR count). The summed E-state index contributed by atoms with van der Waals surface area (Å²) in [5.41, 5.74) is 0.831. The fraction of sp³-hybridized carbons (Fsp3) is 0.600. The van der Waals surface area contributed by atoms with Gasteiger partial charge in [-0.1, -0.05) is 31.2 Å². The smallest absolute Gasteiger partial charge is 0.318 e. The molecule has 0 bridgehead atoms. The van der Waals surface area contributed by atoms with Crippen LogP contribution in [0.25, 0.3) is 0 Å². The average Bonchev–Trinajstić information content (AvgIpc) is 1.99. The Morgan fingerprint density at radius 3 is 2.53 bits per heavy atom. The molecule has 3 nitrogen and oxygen atoms in total. The third-order valence-corrected chi connectivity index (χ3v) is 3.78. The molecule has 15 heavy (non-hydrogen) atoms. The molecule has 0 aliphatic carbocycles. The second kappa shape index (κ2) is 4.94. The zero-order chi connectivity index (χ0) is 11.5.